The maximum atomic E-state index is 9.38. The molecule has 5 atom stereocenters. The summed E-state index contributed by atoms with van der Waals surface area (Å²) in [6, 6.07) is 7.39. The van der Waals surface area contributed by atoms with E-state index in [1.165, 1.54) is 12.8 Å². The van der Waals surface area contributed by atoms with Gasteiger partial charge in [-0.3, -0.25) is 15.3 Å². The molecule has 0 aliphatic carbocycles. The standard InChI is InChI=1S/C31H51Cl2N7/c1-7-22(6)29-19-40(31(35)38(29)14-12-23-10-11-25(32)26(33)15-23)28(21(4)5)18-37-13-8-9-24(37)17-39-27(20(2)3)16-36-30(39)34/h10-11,15,20-22,24,27-29,35H,7-9,12-14,16-19H2,1-6H3,(H2,34,36)/t22-,24+,27+,28+,29+/m1/s1. The molecule has 3 aliphatic rings. The van der Waals surface area contributed by atoms with E-state index in [9.17, 15) is 5.41 Å². The molecule has 1 aromatic carbocycles. The summed E-state index contributed by atoms with van der Waals surface area (Å²) < 4.78 is 0. The van der Waals surface area contributed by atoms with Crippen LogP contribution in [0.25, 0.3) is 0 Å². The number of benzene rings is 1. The number of halogens is 2. The van der Waals surface area contributed by atoms with Crippen LogP contribution in [0.5, 0.6) is 0 Å². The number of hydrogen-bond donors (Lipinski definition) is 2. The molecule has 0 radical (unpaired) electrons. The van der Waals surface area contributed by atoms with Crippen molar-refractivity contribution in [1.82, 2.24) is 19.6 Å². The Labute approximate surface area is 252 Å². The van der Waals surface area contributed by atoms with Gasteiger partial charge >= 0.3 is 0 Å². The minimum Gasteiger partial charge on any atom is -0.370 e. The predicted octanol–water partition coefficient (Wildman–Crippen LogP) is 5.65. The van der Waals surface area contributed by atoms with Crippen LogP contribution < -0.4 is 5.73 Å². The van der Waals surface area contributed by atoms with Gasteiger partial charge in [-0.25, -0.2) is 0 Å². The third-order valence-electron chi connectivity index (χ3n) is 9.66. The molecule has 3 N–H and O–H groups in total. The molecule has 0 saturated carbocycles. The molecule has 0 spiro atoms. The van der Waals surface area contributed by atoms with Crippen LogP contribution >= 0.6 is 23.2 Å². The third kappa shape index (κ3) is 6.84. The monoisotopic (exact) mass is 591 g/mol. The van der Waals surface area contributed by atoms with E-state index in [0.717, 1.165) is 57.7 Å². The fourth-order valence-corrected chi connectivity index (χ4v) is 7.12. The number of nitrogens with two attached hydrogens (primary N) is 1. The molecule has 3 heterocycles. The molecule has 0 unspecified atom stereocenters. The van der Waals surface area contributed by atoms with Gasteiger partial charge in [0.2, 0.25) is 0 Å². The third-order valence-corrected chi connectivity index (χ3v) is 10.4. The van der Waals surface area contributed by atoms with Gasteiger partial charge in [0.1, 0.15) is 0 Å². The van der Waals surface area contributed by atoms with Crippen molar-refractivity contribution >= 4 is 35.1 Å². The minimum absolute atomic E-state index is 0.292. The number of nitrogens with one attached hydrogen (secondary N) is 1. The van der Waals surface area contributed by atoms with Crippen LogP contribution in [0, 0.1) is 23.2 Å². The summed E-state index contributed by atoms with van der Waals surface area (Å²) in [7, 11) is 0. The van der Waals surface area contributed by atoms with E-state index >= 15 is 0 Å². The summed E-state index contributed by atoms with van der Waals surface area (Å²) in [4.78, 5) is 14.4. The van der Waals surface area contributed by atoms with Crippen molar-refractivity contribution in [1.29, 1.82) is 5.41 Å². The smallest absolute Gasteiger partial charge is 0.194 e. The molecule has 0 bridgehead atoms. The summed E-state index contributed by atoms with van der Waals surface area (Å²) >= 11 is 12.5. The van der Waals surface area contributed by atoms with Gasteiger partial charge < -0.3 is 20.4 Å². The summed E-state index contributed by atoms with van der Waals surface area (Å²) in [5, 5.41) is 10.6. The first kappa shape index (κ1) is 31.2. The van der Waals surface area contributed by atoms with Gasteiger partial charge in [-0.05, 0) is 61.3 Å². The van der Waals surface area contributed by atoms with Gasteiger partial charge in [0.05, 0.1) is 28.7 Å². The molecule has 2 saturated heterocycles. The van der Waals surface area contributed by atoms with Crippen LogP contribution in [0.2, 0.25) is 10.0 Å². The highest BCUT2D eigenvalue weighted by molar-refractivity contribution is 6.42. The maximum Gasteiger partial charge on any atom is 0.194 e. The molecule has 1 aromatic rings. The van der Waals surface area contributed by atoms with Gasteiger partial charge in [0.25, 0.3) is 0 Å². The second-order valence-electron chi connectivity index (χ2n) is 12.9. The highest BCUT2D eigenvalue weighted by Crippen LogP contribution is 2.31. The fourth-order valence-electron chi connectivity index (χ4n) is 6.80. The van der Waals surface area contributed by atoms with Crippen molar-refractivity contribution in [2.45, 2.75) is 91.4 Å². The van der Waals surface area contributed by atoms with Crippen molar-refractivity contribution < 1.29 is 0 Å². The molecule has 224 valence electrons. The van der Waals surface area contributed by atoms with E-state index in [0.29, 0.717) is 63.9 Å². The van der Waals surface area contributed by atoms with Gasteiger partial charge in [0, 0.05) is 38.3 Å². The number of likely N-dealkylation sites (tertiary alicyclic amines) is 1. The van der Waals surface area contributed by atoms with Crippen molar-refractivity contribution in [2.24, 2.45) is 28.5 Å². The normalized spacial score (nSPS) is 25.6. The Morgan fingerprint density at radius 1 is 1.07 bits per heavy atom. The minimum atomic E-state index is 0.292. The van der Waals surface area contributed by atoms with Crippen LogP contribution in [-0.4, -0.2) is 95.0 Å². The number of nitrogens with zero attached hydrogens (tertiary/aromatic N) is 5. The molecule has 0 amide bonds. The average molecular weight is 593 g/mol. The Kier molecular flexibility index (Phi) is 10.6. The molecular formula is C31H51Cl2N7. The van der Waals surface area contributed by atoms with Crippen molar-refractivity contribution in [2.75, 3.05) is 39.3 Å². The van der Waals surface area contributed by atoms with Crippen LogP contribution in [0.4, 0.5) is 0 Å². The molecule has 7 nitrogen and oxygen atoms in total. The zero-order chi connectivity index (χ0) is 29.1. The SMILES string of the molecule is CC[C@@H](C)[C@@H]1CN([C@@H](CN2CCC[C@H]2CN2C(N)=NC[C@H]2C(C)C)C(C)C)C(=N)N1CCc1ccc(Cl)c(Cl)c1. The molecule has 4 rings (SSSR count). The van der Waals surface area contributed by atoms with Gasteiger partial charge in [-0.15, -0.1) is 0 Å². The van der Waals surface area contributed by atoms with Gasteiger partial charge in [-0.1, -0.05) is 77.2 Å². The molecule has 9 heteroatoms. The summed E-state index contributed by atoms with van der Waals surface area (Å²) in [6.45, 7) is 19.4. The summed E-state index contributed by atoms with van der Waals surface area (Å²) in [6.07, 6.45) is 4.36. The first-order valence-corrected chi connectivity index (χ1v) is 16.1. The van der Waals surface area contributed by atoms with Crippen molar-refractivity contribution in [3.05, 3.63) is 33.8 Å². The Hall–Kier alpha value is -1.70. The van der Waals surface area contributed by atoms with Crippen molar-refractivity contribution in [3.63, 3.8) is 0 Å². The zero-order valence-electron chi connectivity index (χ0n) is 25.4. The molecular weight excluding hydrogens is 541 g/mol. The van der Waals surface area contributed by atoms with Crippen LogP contribution in [0.3, 0.4) is 0 Å². The van der Waals surface area contributed by atoms with E-state index < -0.39 is 0 Å². The van der Waals surface area contributed by atoms with E-state index in [2.05, 4.69) is 72.2 Å². The van der Waals surface area contributed by atoms with Crippen LogP contribution in [0.1, 0.15) is 66.4 Å². The number of aliphatic imine (C=N–C) groups is 1. The summed E-state index contributed by atoms with van der Waals surface area (Å²) in [5.41, 5.74) is 7.52. The van der Waals surface area contributed by atoms with Crippen molar-refractivity contribution in [3.8, 4) is 0 Å². The lowest BCUT2D eigenvalue weighted by Gasteiger charge is -2.39. The first-order chi connectivity index (χ1) is 19.0. The maximum absolute atomic E-state index is 9.38. The Balaban J connectivity index is 1.47. The van der Waals surface area contributed by atoms with Crippen LogP contribution in [0.15, 0.2) is 23.2 Å². The van der Waals surface area contributed by atoms with E-state index in [4.69, 9.17) is 28.9 Å². The molecule has 3 aliphatic heterocycles. The molecule has 0 aromatic heterocycles. The van der Waals surface area contributed by atoms with E-state index in [-0.39, 0.29) is 0 Å². The molecule has 2 fully saturated rings. The van der Waals surface area contributed by atoms with E-state index in [1.54, 1.807) is 0 Å². The average Bonchev–Trinajstić information content (AvgIpc) is 3.60. The Morgan fingerprint density at radius 3 is 2.48 bits per heavy atom. The van der Waals surface area contributed by atoms with Crippen LogP contribution in [-0.2, 0) is 6.42 Å². The fraction of sp³-hybridized carbons (Fsp3) is 0.742. The lowest BCUT2D eigenvalue weighted by molar-refractivity contribution is 0.130. The lowest BCUT2D eigenvalue weighted by Crippen LogP contribution is -2.53. The van der Waals surface area contributed by atoms with Gasteiger partial charge in [-0.2, -0.15) is 0 Å². The number of hydrogen-bond acceptors (Lipinski definition) is 5. The number of rotatable bonds is 12. The topological polar surface area (TPSA) is 75.2 Å². The predicted molar refractivity (Wildman–Crippen MR) is 170 cm³/mol. The highest BCUT2D eigenvalue weighted by Gasteiger charge is 2.42. The van der Waals surface area contributed by atoms with Gasteiger partial charge in [0.15, 0.2) is 11.9 Å². The van der Waals surface area contributed by atoms with E-state index in [1.807, 2.05) is 12.1 Å². The highest BCUT2D eigenvalue weighted by atomic mass is 35.5. The Bertz CT molecular complexity index is 1040. The Morgan fingerprint density at radius 2 is 1.82 bits per heavy atom. The second kappa shape index (κ2) is 13.5. The number of guanidine groups is 2. The largest absolute Gasteiger partial charge is 0.370 e. The molecule has 40 heavy (non-hydrogen) atoms. The zero-order valence-corrected chi connectivity index (χ0v) is 26.9. The quantitative estimate of drug-likeness (QED) is 0.328. The summed E-state index contributed by atoms with van der Waals surface area (Å²) in [5.74, 6) is 2.87. The lowest BCUT2D eigenvalue weighted by atomic mass is 9.97. The first-order valence-electron chi connectivity index (χ1n) is 15.4. The second-order valence-corrected chi connectivity index (χ2v) is 13.7.